The number of rotatable bonds is 6. The van der Waals surface area contributed by atoms with Crippen LogP contribution < -0.4 is 10.1 Å². The molecule has 1 saturated carbocycles. The Kier molecular flexibility index (Phi) is 6.10. The smallest absolute Gasteiger partial charge is 0.348 e. The third-order valence-electron chi connectivity index (χ3n) is 5.35. The lowest BCUT2D eigenvalue weighted by molar-refractivity contribution is 0.0317. The van der Waals surface area contributed by atoms with Crippen LogP contribution in [0.1, 0.15) is 40.9 Å². The third-order valence-corrected chi connectivity index (χ3v) is 6.53. The molecule has 9 heteroatoms. The first-order chi connectivity index (χ1) is 14.6. The fourth-order valence-electron chi connectivity index (χ4n) is 3.70. The molecule has 0 unspecified atom stereocenters. The minimum atomic E-state index is -0.376. The Morgan fingerprint density at radius 2 is 1.90 bits per heavy atom. The maximum Gasteiger partial charge on any atom is 0.348 e. The van der Waals surface area contributed by atoms with Crippen molar-refractivity contribution in [1.82, 2.24) is 15.0 Å². The van der Waals surface area contributed by atoms with Gasteiger partial charge in [-0.2, -0.15) is 0 Å². The molecule has 0 saturated heterocycles. The lowest BCUT2D eigenvalue weighted by Gasteiger charge is -2.28. The van der Waals surface area contributed by atoms with Crippen LogP contribution in [0.5, 0.6) is 5.88 Å². The van der Waals surface area contributed by atoms with Gasteiger partial charge in [-0.1, -0.05) is 0 Å². The van der Waals surface area contributed by atoms with E-state index in [1.165, 1.54) is 24.8 Å². The predicted molar refractivity (Wildman–Crippen MR) is 115 cm³/mol. The van der Waals surface area contributed by atoms with Crippen LogP contribution >= 0.6 is 11.3 Å². The van der Waals surface area contributed by atoms with Crippen LogP contribution in [0.15, 0.2) is 24.7 Å². The number of hydrogen-bond acceptors (Lipinski definition) is 9. The van der Waals surface area contributed by atoms with Crippen molar-refractivity contribution < 1.29 is 19.0 Å². The molecule has 8 nitrogen and oxygen atoms in total. The molecule has 0 aliphatic heterocycles. The van der Waals surface area contributed by atoms with E-state index in [9.17, 15) is 4.79 Å². The van der Waals surface area contributed by atoms with E-state index >= 15 is 0 Å². The molecule has 158 valence electrons. The number of fused-ring (bicyclic) bond motifs is 1. The molecule has 4 rings (SSSR count). The van der Waals surface area contributed by atoms with Crippen molar-refractivity contribution in [3.05, 3.63) is 35.1 Å². The van der Waals surface area contributed by atoms with Gasteiger partial charge in [0.1, 0.15) is 33.6 Å². The SMILES string of the molecule is COC(=O)c1sc2ncnc(Nc3cccnc3OC3CCC(OC)CC3)c2c1C. The second-order valence-corrected chi connectivity index (χ2v) is 8.18. The largest absolute Gasteiger partial charge is 0.473 e. The Hall–Kier alpha value is -2.78. The number of aryl methyl sites for hydroxylation is 1. The standard InChI is InChI=1S/C21H24N4O4S/c1-12-16-18(23-11-24-20(16)30-17(12)21(26)28-3)25-15-5-4-10-22-19(15)29-14-8-6-13(27-2)7-9-14/h4-5,10-11,13-14H,6-9H2,1-3H3,(H,23,24,25). The highest BCUT2D eigenvalue weighted by Crippen LogP contribution is 2.36. The van der Waals surface area contributed by atoms with E-state index in [0.717, 1.165) is 47.2 Å². The molecule has 3 aromatic rings. The van der Waals surface area contributed by atoms with Crippen molar-refractivity contribution in [2.75, 3.05) is 19.5 Å². The van der Waals surface area contributed by atoms with Crippen molar-refractivity contribution in [2.45, 2.75) is 44.8 Å². The number of pyridine rings is 1. The number of methoxy groups -OCH3 is 2. The number of esters is 1. The molecule has 0 spiro atoms. The Bertz CT molecular complexity index is 1050. The van der Waals surface area contributed by atoms with Gasteiger partial charge in [-0.15, -0.1) is 11.3 Å². The van der Waals surface area contributed by atoms with Crippen molar-refractivity contribution in [2.24, 2.45) is 0 Å². The molecule has 3 heterocycles. The van der Waals surface area contributed by atoms with Crippen LogP contribution in [0, 0.1) is 6.92 Å². The van der Waals surface area contributed by atoms with Gasteiger partial charge >= 0.3 is 5.97 Å². The number of hydrogen-bond donors (Lipinski definition) is 1. The van der Waals surface area contributed by atoms with Gasteiger partial charge in [0, 0.05) is 13.3 Å². The molecule has 0 amide bonds. The number of thiophene rings is 1. The summed E-state index contributed by atoms with van der Waals surface area (Å²) in [6.45, 7) is 1.87. The van der Waals surface area contributed by atoms with E-state index in [2.05, 4.69) is 20.3 Å². The van der Waals surface area contributed by atoms with Gasteiger partial charge in [-0.3, -0.25) is 0 Å². The predicted octanol–water partition coefficient (Wildman–Crippen LogP) is 4.26. The molecule has 1 fully saturated rings. The van der Waals surface area contributed by atoms with Crippen LogP contribution in [0.3, 0.4) is 0 Å². The van der Waals surface area contributed by atoms with Crippen LogP contribution in [0.25, 0.3) is 10.2 Å². The van der Waals surface area contributed by atoms with E-state index in [4.69, 9.17) is 14.2 Å². The summed E-state index contributed by atoms with van der Waals surface area (Å²) in [5.74, 6) is 0.759. The Balaban J connectivity index is 1.60. The number of carbonyl (C=O) groups is 1. The Morgan fingerprint density at radius 3 is 2.63 bits per heavy atom. The lowest BCUT2D eigenvalue weighted by atomic mass is 9.95. The number of carbonyl (C=O) groups excluding carboxylic acids is 1. The summed E-state index contributed by atoms with van der Waals surface area (Å²) in [5.41, 5.74) is 1.51. The highest BCUT2D eigenvalue weighted by molar-refractivity contribution is 7.20. The zero-order chi connectivity index (χ0) is 21.1. The zero-order valence-corrected chi connectivity index (χ0v) is 18.0. The van der Waals surface area contributed by atoms with Crippen molar-refractivity contribution in [1.29, 1.82) is 0 Å². The molecule has 0 radical (unpaired) electrons. The molecule has 30 heavy (non-hydrogen) atoms. The first-order valence-electron chi connectivity index (χ1n) is 9.84. The van der Waals surface area contributed by atoms with Gasteiger partial charge in [0.25, 0.3) is 0 Å². The summed E-state index contributed by atoms with van der Waals surface area (Å²) in [4.78, 5) is 26.5. The Labute approximate surface area is 178 Å². The van der Waals surface area contributed by atoms with Gasteiger partial charge in [-0.05, 0) is 50.3 Å². The van der Waals surface area contributed by atoms with Crippen LogP contribution in [-0.2, 0) is 9.47 Å². The van der Waals surface area contributed by atoms with E-state index < -0.39 is 0 Å². The quantitative estimate of drug-likeness (QED) is 0.582. The van der Waals surface area contributed by atoms with Crippen LogP contribution in [-0.4, -0.2) is 47.3 Å². The monoisotopic (exact) mass is 428 g/mol. The van der Waals surface area contributed by atoms with Crippen LogP contribution in [0.2, 0.25) is 0 Å². The molecule has 0 bridgehead atoms. The molecule has 1 N–H and O–H groups in total. The number of anilines is 2. The molecule has 0 aromatic carbocycles. The summed E-state index contributed by atoms with van der Waals surface area (Å²) in [6, 6.07) is 3.75. The Morgan fingerprint density at radius 1 is 1.13 bits per heavy atom. The van der Waals surface area contributed by atoms with Crippen molar-refractivity contribution >= 4 is 39.0 Å². The fourth-order valence-corrected chi connectivity index (χ4v) is 4.77. The fraction of sp³-hybridized carbons (Fsp3) is 0.429. The van der Waals surface area contributed by atoms with Crippen molar-refractivity contribution in [3.63, 3.8) is 0 Å². The maximum atomic E-state index is 12.1. The van der Waals surface area contributed by atoms with Gasteiger partial charge in [0.15, 0.2) is 0 Å². The summed E-state index contributed by atoms with van der Waals surface area (Å²) in [5, 5.41) is 4.12. The maximum absolute atomic E-state index is 12.1. The normalized spacial score (nSPS) is 18.9. The first kappa shape index (κ1) is 20.5. The summed E-state index contributed by atoms with van der Waals surface area (Å²) >= 11 is 1.29. The second kappa shape index (κ2) is 8.93. The minimum Gasteiger partial charge on any atom is -0.473 e. The van der Waals surface area contributed by atoms with Gasteiger partial charge in [-0.25, -0.2) is 19.7 Å². The summed E-state index contributed by atoms with van der Waals surface area (Å²) in [6.07, 6.45) is 7.42. The molecule has 1 aliphatic carbocycles. The van der Waals surface area contributed by atoms with E-state index in [1.54, 1.807) is 13.3 Å². The zero-order valence-electron chi connectivity index (χ0n) is 17.2. The summed E-state index contributed by atoms with van der Waals surface area (Å²) < 4.78 is 16.5. The van der Waals surface area contributed by atoms with Crippen molar-refractivity contribution in [3.8, 4) is 5.88 Å². The third kappa shape index (κ3) is 4.08. The van der Waals surface area contributed by atoms with E-state index in [0.29, 0.717) is 22.7 Å². The van der Waals surface area contributed by atoms with Gasteiger partial charge in [0.2, 0.25) is 5.88 Å². The number of ether oxygens (including phenoxy) is 3. The molecular weight excluding hydrogens is 404 g/mol. The minimum absolute atomic E-state index is 0.103. The van der Waals surface area contributed by atoms with E-state index in [1.807, 2.05) is 19.1 Å². The van der Waals surface area contributed by atoms with Crippen LogP contribution in [0.4, 0.5) is 11.5 Å². The topological polar surface area (TPSA) is 95.5 Å². The highest BCUT2D eigenvalue weighted by atomic mass is 32.1. The van der Waals surface area contributed by atoms with E-state index in [-0.39, 0.29) is 12.1 Å². The first-order valence-corrected chi connectivity index (χ1v) is 10.7. The molecular formula is C21H24N4O4S. The molecule has 3 aromatic heterocycles. The second-order valence-electron chi connectivity index (χ2n) is 7.18. The number of aromatic nitrogens is 3. The average molecular weight is 429 g/mol. The number of nitrogens with one attached hydrogen (secondary N) is 1. The van der Waals surface area contributed by atoms with Gasteiger partial charge < -0.3 is 19.5 Å². The number of nitrogens with zero attached hydrogens (tertiary/aromatic N) is 3. The van der Waals surface area contributed by atoms with Gasteiger partial charge in [0.05, 0.1) is 18.6 Å². The average Bonchev–Trinajstić information content (AvgIpc) is 3.12. The molecule has 0 atom stereocenters. The highest BCUT2D eigenvalue weighted by Gasteiger charge is 2.24. The lowest BCUT2D eigenvalue weighted by Crippen LogP contribution is -2.28. The summed E-state index contributed by atoms with van der Waals surface area (Å²) in [7, 11) is 3.13. The molecule has 1 aliphatic rings.